The number of benzene rings is 1. The molecule has 1 aromatic carbocycles. The van der Waals surface area contributed by atoms with Crippen molar-refractivity contribution in [2.24, 2.45) is 0 Å². The van der Waals surface area contributed by atoms with Gasteiger partial charge in [0.15, 0.2) is 0 Å². The number of amides is 1. The van der Waals surface area contributed by atoms with Crippen LogP contribution in [-0.2, 0) is 4.79 Å². The lowest BCUT2D eigenvalue weighted by Gasteiger charge is -2.25. The van der Waals surface area contributed by atoms with Gasteiger partial charge in [0.1, 0.15) is 5.75 Å². The molecule has 1 aliphatic rings. The highest BCUT2D eigenvalue weighted by molar-refractivity contribution is 5.82. The predicted molar refractivity (Wildman–Crippen MR) is 84.4 cm³/mol. The van der Waals surface area contributed by atoms with E-state index in [4.69, 9.17) is 4.74 Å². The minimum absolute atomic E-state index is 0.0561. The number of piperidine rings is 1. The topological polar surface area (TPSA) is 50.4 Å². The van der Waals surface area contributed by atoms with Crippen molar-refractivity contribution in [3.8, 4) is 5.75 Å². The quantitative estimate of drug-likeness (QED) is 0.876. The monoisotopic (exact) mass is 290 g/mol. The molecule has 116 valence electrons. The minimum Gasteiger partial charge on any atom is -0.491 e. The number of carbonyl (C=O) groups is 1. The molecule has 21 heavy (non-hydrogen) atoms. The Morgan fingerprint density at radius 3 is 2.71 bits per heavy atom. The third-order valence-corrected chi connectivity index (χ3v) is 3.73. The Morgan fingerprint density at radius 2 is 2.05 bits per heavy atom. The molecule has 0 bridgehead atoms. The zero-order chi connectivity index (χ0) is 15.2. The number of carbonyl (C=O) groups excluding carboxylic acids is 1. The molecule has 1 saturated heterocycles. The molecule has 2 unspecified atom stereocenters. The zero-order valence-corrected chi connectivity index (χ0v) is 13.2. The van der Waals surface area contributed by atoms with E-state index in [2.05, 4.69) is 10.6 Å². The molecule has 0 aromatic heterocycles. The van der Waals surface area contributed by atoms with Gasteiger partial charge in [0.05, 0.1) is 18.2 Å². The molecule has 1 heterocycles. The summed E-state index contributed by atoms with van der Waals surface area (Å²) < 4.78 is 5.83. The van der Waals surface area contributed by atoms with Gasteiger partial charge in [-0.05, 0) is 46.2 Å². The van der Waals surface area contributed by atoms with E-state index in [0.717, 1.165) is 37.1 Å². The van der Waals surface area contributed by atoms with Gasteiger partial charge in [0.2, 0.25) is 5.91 Å². The van der Waals surface area contributed by atoms with Crippen molar-refractivity contribution < 1.29 is 9.53 Å². The number of hydrogen-bond donors (Lipinski definition) is 2. The van der Waals surface area contributed by atoms with Gasteiger partial charge < -0.3 is 15.4 Å². The van der Waals surface area contributed by atoms with Crippen molar-refractivity contribution in [1.29, 1.82) is 0 Å². The van der Waals surface area contributed by atoms with Crippen LogP contribution < -0.4 is 15.4 Å². The second-order valence-corrected chi connectivity index (χ2v) is 5.94. The van der Waals surface area contributed by atoms with Gasteiger partial charge in [-0.15, -0.1) is 0 Å². The molecule has 1 amide bonds. The molecular formula is C17H26N2O2. The van der Waals surface area contributed by atoms with Crippen LogP contribution >= 0.6 is 0 Å². The largest absolute Gasteiger partial charge is 0.491 e. The van der Waals surface area contributed by atoms with E-state index in [0.29, 0.717) is 0 Å². The Hall–Kier alpha value is -1.55. The van der Waals surface area contributed by atoms with Crippen molar-refractivity contribution in [2.45, 2.75) is 58.2 Å². The summed E-state index contributed by atoms with van der Waals surface area (Å²) in [7, 11) is 0. The van der Waals surface area contributed by atoms with Crippen molar-refractivity contribution in [3.05, 3.63) is 29.8 Å². The molecule has 1 aliphatic heterocycles. The molecule has 0 aliphatic carbocycles. The number of nitrogens with one attached hydrogen (secondary N) is 2. The molecule has 4 heteroatoms. The number of rotatable bonds is 5. The Morgan fingerprint density at radius 1 is 1.29 bits per heavy atom. The van der Waals surface area contributed by atoms with E-state index in [9.17, 15) is 4.79 Å². The molecule has 0 saturated carbocycles. The fourth-order valence-corrected chi connectivity index (χ4v) is 2.67. The fourth-order valence-electron chi connectivity index (χ4n) is 2.67. The van der Waals surface area contributed by atoms with E-state index in [1.807, 2.05) is 45.0 Å². The van der Waals surface area contributed by atoms with E-state index in [1.165, 1.54) is 0 Å². The number of hydrogen-bond acceptors (Lipinski definition) is 3. The van der Waals surface area contributed by atoms with Crippen molar-refractivity contribution in [3.63, 3.8) is 0 Å². The molecule has 0 radical (unpaired) electrons. The summed E-state index contributed by atoms with van der Waals surface area (Å²) in [4.78, 5) is 12.3. The van der Waals surface area contributed by atoms with Crippen LogP contribution in [0.5, 0.6) is 5.75 Å². The average molecular weight is 290 g/mol. The molecule has 2 rings (SSSR count). The Balaban J connectivity index is 2.02. The lowest BCUT2D eigenvalue weighted by molar-refractivity contribution is -0.124. The number of para-hydroxylation sites is 1. The van der Waals surface area contributed by atoms with Gasteiger partial charge in [0.25, 0.3) is 0 Å². The Labute approximate surface area is 127 Å². The zero-order valence-electron chi connectivity index (χ0n) is 13.2. The lowest BCUT2D eigenvalue weighted by Crippen LogP contribution is -2.47. The third kappa shape index (κ3) is 4.46. The van der Waals surface area contributed by atoms with Gasteiger partial charge in [-0.1, -0.05) is 24.6 Å². The molecule has 2 N–H and O–H groups in total. The van der Waals surface area contributed by atoms with Gasteiger partial charge in [-0.25, -0.2) is 0 Å². The van der Waals surface area contributed by atoms with Crippen LogP contribution in [0.4, 0.5) is 0 Å². The predicted octanol–water partition coefficient (Wildman–Crippen LogP) is 2.79. The van der Waals surface area contributed by atoms with Crippen molar-refractivity contribution in [1.82, 2.24) is 10.6 Å². The molecular weight excluding hydrogens is 264 g/mol. The van der Waals surface area contributed by atoms with Crippen LogP contribution in [0, 0.1) is 0 Å². The smallest absolute Gasteiger partial charge is 0.237 e. The first kappa shape index (κ1) is 15.8. The first-order valence-corrected chi connectivity index (χ1v) is 7.87. The van der Waals surface area contributed by atoms with Crippen LogP contribution in [0.15, 0.2) is 24.3 Å². The van der Waals surface area contributed by atoms with Gasteiger partial charge in [0, 0.05) is 5.56 Å². The van der Waals surface area contributed by atoms with E-state index in [1.54, 1.807) is 0 Å². The highest BCUT2D eigenvalue weighted by Crippen LogP contribution is 2.26. The van der Waals surface area contributed by atoms with Crippen LogP contribution in [0.1, 0.15) is 51.6 Å². The van der Waals surface area contributed by atoms with Crippen molar-refractivity contribution >= 4 is 5.91 Å². The van der Waals surface area contributed by atoms with E-state index < -0.39 is 0 Å². The third-order valence-electron chi connectivity index (χ3n) is 3.73. The summed E-state index contributed by atoms with van der Waals surface area (Å²) in [6, 6.07) is 7.78. The SMILES string of the molecule is CC(C)Oc1ccccc1C(C)NC(=O)C1CCCCN1. The summed E-state index contributed by atoms with van der Waals surface area (Å²) in [6.45, 7) is 6.95. The normalized spacial score (nSPS) is 20.1. The summed E-state index contributed by atoms with van der Waals surface area (Å²) in [5, 5.41) is 6.38. The second-order valence-electron chi connectivity index (χ2n) is 5.94. The summed E-state index contributed by atoms with van der Waals surface area (Å²) in [6.07, 6.45) is 3.31. The standard InChI is InChI=1S/C17H26N2O2/c1-12(2)21-16-10-5-4-8-14(16)13(3)19-17(20)15-9-6-7-11-18-15/h4-5,8,10,12-13,15,18H,6-7,9,11H2,1-3H3,(H,19,20). The molecule has 2 atom stereocenters. The highest BCUT2D eigenvalue weighted by atomic mass is 16.5. The van der Waals surface area contributed by atoms with Gasteiger partial charge in [-0.3, -0.25) is 4.79 Å². The molecule has 1 fully saturated rings. The maximum atomic E-state index is 12.3. The number of ether oxygens (including phenoxy) is 1. The Kier molecular flexibility index (Phi) is 5.62. The van der Waals surface area contributed by atoms with Crippen LogP contribution in [0.25, 0.3) is 0 Å². The minimum atomic E-state index is -0.0591. The van der Waals surface area contributed by atoms with E-state index >= 15 is 0 Å². The molecule has 0 spiro atoms. The van der Waals surface area contributed by atoms with Crippen LogP contribution in [0.3, 0.4) is 0 Å². The second kappa shape index (κ2) is 7.46. The van der Waals surface area contributed by atoms with Crippen molar-refractivity contribution in [2.75, 3.05) is 6.54 Å². The summed E-state index contributed by atoms with van der Waals surface area (Å²) in [5.41, 5.74) is 1.02. The molecule has 4 nitrogen and oxygen atoms in total. The van der Waals surface area contributed by atoms with E-state index in [-0.39, 0.29) is 24.1 Å². The first-order chi connectivity index (χ1) is 10.1. The fraction of sp³-hybridized carbons (Fsp3) is 0.588. The van der Waals surface area contributed by atoms with Crippen LogP contribution in [-0.4, -0.2) is 24.6 Å². The maximum Gasteiger partial charge on any atom is 0.237 e. The molecule has 1 aromatic rings. The summed E-state index contributed by atoms with van der Waals surface area (Å²) >= 11 is 0. The lowest BCUT2D eigenvalue weighted by atomic mass is 10.0. The van der Waals surface area contributed by atoms with Gasteiger partial charge >= 0.3 is 0 Å². The maximum absolute atomic E-state index is 12.3. The highest BCUT2D eigenvalue weighted by Gasteiger charge is 2.23. The van der Waals surface area contributed by atoms with Crippen LogP contribution in [0.2, 0.25) is 0 Å². The Bertz CT molecular complexity index is 468. The van der Waals surface area contributed by atoms with Gasteiger partial charge in [-0.2, -0.15) is 0 Å². The average Bonchev–Trinajstić information content (AvgIpc) is 2.48. The summed E-state index contributed by atoms with van der Waals surface area (Å²) in [5.74, 6) is 0.929. The first-order valence-electron chi connectivity index (χ1n) is 7.87.